The van der Waals surface area contributed by atoms with E-state index in [-0.39, 0.29) is 11.6 Å². The van der Waals surface area contributed by atoms with E-state index in [0.29, 0.717) is 24.4 Å². The van der Waals surface area contributed by atoms with Crippen molar-refractivity contribution in [2.24, 2.45) is 7.05 Å². The van der Waals surface area contributed by atoms with Crippen LogP contribution in [0, 0.1) is 0 Å². The van der Waals surface area contributed by atoms with Crippen molar-refractivity contribution in [3.63, 3.8) is 0 Å². The van der Waals surface area contributed by atoms with E-state index in [4.69, 9.17) is 0 Å². The van der Waals surface area contributed by atoms with Gasteiger partial charge in [-0.1, -0.05) is 55.8 Å². The van der Waals surface area contributed by atoms with Crippen LogP contribution in [0.1, 0.15) is 41.5 Å². The lowest BCUT2D eigenvalue weighted by atomic mass is 9.98. The fourth-order valence-corrected chi connectivity index (χ4v) is 3.03. The average molecular weight is 364 g/mol. The number of nitrogens with zero attached hydrogens (tertiary/aromatic N) is 2. The van der Waals surface area contributed by atoms with Crippen molar-refractivity contribution in [1.29, 1.82) is 0 Å². The number of nitrogens with one attached hydrogen (secondary N) is 2. The molecule has 27 heavy (non-hydrogen) atoms. The fourth-order valence-electron chi connectivity index (χ4n) is 3.03. The molecular weight excluding hydrogens is 340 g/mol. The maximum Gasteiger partial charge on any atom is 0.343 e. The zero-order valence-electron chi connectivity index (χ0n) is 15.7. The minimum Gasteiger partial charge on any atom is -0.352 e. The van der Waals surface area contributed by atoms with Crippen molar-refractivity contribution in [1.82, 2.24) is 20.1 Å². The number of rotatable bonds is 7. The number of aromatic nitrogens is 3. The molecule has 1 aromatic heterocycles. The summed E-state index contributed by atoms with van der Waals surface area (Å²) in [7, 11) is 1.65. The highest BCUT2D eigenvalue weighted by Gasteiger charge is 2.12. The Morgan fingerprint density at radius 2 is 2.00 bits per heavy atom. The third-order valence-electron chi connectivity index (χ3n) is 4.56. The number of hydrogen-bond acceptors (Lipinski definition) is 3. The fraction of sp³-hybridized carbons (Fsp3) is 0.286. The molecule has 2 aromatic carbocycles. The van der Waals surface area contributed by atoms with Crippen LogP contribution in [0.4, 0.5) is 0 Å². The lowest BCUT2D eigenvalue weighted by Gasteiger charge is -2.10. The summed E-state index contributed by atoms with van der Waals surface area (Å²) >= 11 is 0. The second-order valence-electron chi connectivity index (χ2n) is 6.45. The van der Waals surface area contributed by atoms with Crippen LogP contribution >= 0.6 is 0 Å². The molecule has 0 unspecified atom stereocenters. The summed E-state index contributed by atoms with van der Waals surface area (Å²) in [5.74, 6) is 0.484. The Morgan fingerprint density at radius 3 is 2.70 bits per heavy atom. The van der Waals surface area contributed by atoms with Gasteiger partial charge in [0.2, 0.25) is 0 Å². The van der Waals surface area contributed by atoms with Crippen molar-refractivity contribution in [2.45, 2.75) is 26.2 Å². The zero-order chi connectivity index (χ0) is 19.2. The van der Waals surface area contributed by atoms with Crippen LogP contribution in [-0.4, -0.2) is 27.2 Å². The number of unbranched alkanes of at least 4 members (excludes halogenated alkanes) is 1. The summed E-state index contributed by atoms with van der Waals surface area (Å²) in [6.45, 7) is 2.56. The number of carbonyl (C=O) groups excluding carboxylic acids is 1. The minimum atomic E-state index is -0.256. The molecular formula is C21H24N4O2. The average Bonchev–Trinajstić information content (AvgIpc) is 3.00. The van der Waals surface area contributed by atoms with Gasteiger partial charge in [0.15, 0.2) is 0 Å². The SMILES string of the molecule is CCC/C=C/c1ccc(C(=O)NCCc2n[nH]c(=O)n2C)c2ccccc12. The Kier molecular flexibility index (Phi) is 5.86. The van der Waals surface area contributed by atoms with Crippen molar-refractivity contribution in [3.8, 4) is 0 Å². The zero-order valence-corrected chi connectivity index (χ0v) is 15.7. The molecule has 0 aliphatic heterocycles. The van der Waals surface area contributed by atoms with Crippen LogP contribution in [0.3, 0.4) is 0 Å². The molecule has 2 N–H and O–H groups in total. The van der Waals surface area contributed by atoms with E-state index in [9.17, 15) is 9.59 Å². The molecule has 0 saturated carbocycles. The van der Waals surface area contributed by atoms with Crippen molar-refractivity contribution in [3.05, 3.63) is 69.9 Å². The van der Waals surface area contributed by atoms with Crippen LogP contribution < -0.4 is 11.0 Å². The molecule has 6 heteroatoms. The topological polar surface area (TPSA) is 79.8 Å². The highest BCUT2D eigenvalue weighted by Crippen LogP contribution is 2.24. The largest absolute Gasteiger partial charge is 0.352 e. The maximum absolute atomic E-state index is 12.7. The Bertz CT molecular complexity index is 1030. The van der Waals surface area contributed by atoms with E-state index in [1.54, 1.807) is 7.05 Å². The second kappa shape index (κ2) is 8.49. The lowest BCUT2D eigenvalue weighted by molar-refractivity contribution is 0.0955. The molecule has 0 fully saturated rings. The molecule has 0 aliphatic rings. The van der Waals surface area contributed by atoms with Gasteiger partial charge in [0.05, 0.1) is 0 Å². The predicted octanol–water partition coefficient (Wildman–Crippen LogP) is 3.05. The van der Waals surface area contributed by atoms with Gasteiger partial charge < -0.3 is 5.32 Å². The standard InChI is InChI=1S/C21H24N4O2/c1-3-4-5-8-15-11-12-18(17-10-7-6-9-16(15)17)20(26)22-14-13-19-23-24-21(27)25(19)2/h5-12H,3-4,13-14H2,1-2H3,(H,22,26)(H,24,27)/b8-5+. The quantitative estimate of drug-likeness (QED) is 0.676. The third kappa shape index (κ3) is 4.16. The monoisotopic (exact) mass is 364 g/mol. The number of aromatic amines is 1. The second-order valence-corrected chi connectivity index (χ2v) is 6.45. The van der Waals surface area contributed by atoms with E-state index in [1.807, 2.05) is 36.4 Å². The maximum atomic E-state index is 12.7. The van der Waals surface area contributed by atoms with Crippen LogP contribution in [0.5, 0.6) is 0 Å². The Hall–Kier alpha value is -3.15. The third-order valence-corrected chi connectivity index (χ3v) is 4.56. The Balaban J connectivity index is 1.77. The van der Waals surface area contributed by atoms with E-state index in [2.05, 4.69) is 34.6 Å². The first kappa shape index (κ1) is 18.6. The number of benzene rings is 2. The van der Waals surface area contributed by atoms with E-state index < -0.39 is 0 Å². The van der Waals surface area contributed by atoms with Gasteiger partial charge in [-0.2, -0.15) is 5.10 Å². The molecule has 6 nitrogen and oxygen atoms in total. The number of amides is 1. The summed E-state index contributed by atoms with van der Waals surface area (Å²) in [5.41, 5.74) is 1.50. The van der Waals surface area contributed by atoms with Gasteiger partial charge in [0.25, 0.3) is 5.91 Å². The molecule has 0 aliphatic carbocycles. The Labute approximate surface area is 157 Å². The highest BCUT2D eigenvalue weighted by molar-refractivity contribution is 6.08. The van der Waals surface area contributed by atoms with Crippen LogP contribution in [-0.2, 0) is 13.5 Å². The summed E-state index contributed by atoms with van der Waals surface area (Å²) in [5, 5.41) is 11.3. The molecule has 1 heterocycles. The van der Waals surface area contributed by atoms with E-state index in [0.717, 1.165) is 29.2 Å². The summed E-state index contributed by atoms with van der Waals surface area (Å²) in [4.78, 5) is 24.1. The normalized spacial score (nSPS) is 11.3. The smallest absolute Gasteiger partial charge is 0.343 e. The molecule has 3 aromatic rings. The Morgan fingerprint density at radius 1 is 1.22 bits per heavy atom. The van der Waals surface area contributed by atoms with Crippen molar-refractivity contribution >= 4 is 22.8 Å². The minimum absolute atomic E-state index is 0.129. The van der Waals surface area contributed by atoms with Crippen LogP contribution in [0.15, 0.2) is 47.3 Å². The number of carbonyl (C=O) groups is 1. The van der Waals surface area contributed by atoms with Crippen molar-refractivity contribution < 1.29 is 4.79 Å². The van der Waals surface area contributed by atoms with Gasteiger partial charge in [-0.05, 0) is 28.8 Å². The number of hydrogen-bond donors (Lipinski definition) is 2. The molecule has 1 amide bonds. The first-order valence-electron chi connectivity index (χ1n) is 9.18. The lowest BCUT2D eigenvalue weighted by Crippen LogP contribution is -2.27. The van der Waals surface area contributed by atoms with Crippen molar-refractivity contribution in [2.75, 3.05) is 6.54 Å². The number of H-pyrrole nitrogens is 1. The molecule has 3 rings (SSSR count). The summed E-state index contributed by atoms with van der Waals surface area (Å²) in [6.07, 6.45) is 6.90. The van der Waals surface area contributed by atoms with Gasteiger partial charge in [0, 0.05) is 25.6 Å². The summed E-state index contributed by atoms with van der Waals surface area (Å²) in [6, 6.07) is 11.8. The number of fused-ring (bicyclic) bond motifs is 1. The highest BCUT2D eigenvalue weighted by atomic mass is 16.2. The molecule has 0 bridgehead atoms. The van der Waals surface area contributed by atoms with Gasteiger partial charge in [0.1, 0.15) is 5.82 Å². The van der Waals surface area contributed by atoms with Gasteiger partial charge >= 0.3 is 5.69 Å². The van der Waals surface area contributed by atoms with E-state index >= 15 is 0 Å². The summed E-state index contributed by atoms with van der Waals surface area (Å²) < 4.78 is 1.44. The molecule has 0 radical (unpaired) electrons. The van der Waals surface area contributed by atoms with Gasteiger partial charge in [-0.3, -0.25) is 9.36 Å². The van der Waals surface area contributed by atoms with Gasteiger partial charge in [-0.15, -0.1) is 0 Å². The van der Waals surface area contributed by atoms with Crippen LogP contribution in [0.25, 0.3) is 16.8 Å². The van der Waals surface area contributed by atoms with E-state index in [1.165, 1.54) is 4.57 Å². The van der Waals surface area contributed by atoms with Gasteiger partial charge in [-0.25, -0.2) is 9.89 Å². The molecule has 0 atom stereocenters. The molecule has 0 saturated heterocycles. The number of allylic oxidation sites excluding steroid dienone is 1. The first-order chi connectivity index (χ1) is 13.1. The van der Waals surface area contributed by atoms with Crippen LogP contribution in [0.2, 0.25) is 0 Å². The first-order valence-corrected chi connectivity index (χ1v) is 9.18. The molecule has 0 spiro atoms. The predicted molar refractivity (Wildman–Crippen MR) is 108 cm³/mol. The molecule has 140 valence electrons.